The summed E-state index contributed by atoms with van der Waals surface area (Å²) >= 11 is 0. The molecular formula is C38H45F3N3O3+. The summed E-state index contributed by atoms with van der Waals surface area (Å²) in [5.41, 5.74) is 2.69. The number of carbonyl (C=O) groups excluding carboxylic acids is 1. The van der Waals surface area contributed by atoms with Crippen LogP contribution in [0.1, 0.15) is 84.9 Å². The molecule has 0 amide bonds. The van der Waals surface area contributed by atoms with Crippen molar-refractivity contribution in [2.24, 2.45) is 17.0 Å². The van der Waals surface area contributed by atoms with E-state index in [0.29, 0.717) is 58.9 Å². The Balaban J connectivity index is 1.66. The molecule has 2 aromatic carbocycles. The molecule has 6 nitrogen and oxygen atoms in total. The fourth-order valence-corrected chi connectivity index (χ4v) is 7.28. The number of benzene rings is 2. The van der Waals surface area contributed by atoms with Crippen LogP contribution in [0.25, 0.3) is 0 Å². The number of halogens is 3. The fraction of sp³-hybridized carbons (Fsp3) is 0.474. The Bertz CT molecular complexity index is 1760. The van der Waals surface area contributed by atoms with E-state index in [9.17, 15) is 22.9 Å². The summed E-state index contributed by atoms with van der Waals surface area (Å²) in [4.78, 5) is 28.0. The van der Waals surface area contributed by atoms with Crippen molar-refractivity contribution in [2.75, 3.05) is 25.1 Å². The minimum absolute atomic E-state index is 0.214. The average Bonchev–Trinajstić information content (AvgIpc) is 3.35. The summed E-state index contributed by atoms with van der Waals surface area (Å²) in [7, 11) is 1.51. The van der Waals surface area contributed by atoms with Crippen LogP contribution in [-0.2, 0) is 26.5 Å². The van der Waals surface area contributed by atoms with Gasteiger partial charge in [0.05, 0.1) is 34.8 Å². The standard InChI is InChI=1S/C38H45F3N3O3/c1-22(2)16-18-43-28-14-10-12-26(38(39,40)41)32(28)36(5,6)30(43)20-24-34(45)25(35(24)47-9)21-31-37(7,8)33-27(42-46)13-11-15-29(33)44(31)19-17-23(3)4/h10-15,20-23H,16-19H2,1-9H3/q+1. The van der Waals surface area contributed by atoms with Crippen molar-refractivity contribution in [1.82, 2.24) is 0 Å². The molecule has 2 heterocycles. The highest BCUT2D eigenvalue weighted by molar-refractivity contribution is 6.24. The first kappa shape index (κ1) is 34.3. The summed E-state index contributed by atoms with van der Waals surface area (Å²) in [6.07, 6.45) is 0.704. The molecule has 0 bridgehead atoms. The van der Waals surface area contributed by atoms with E-state index in [-0.39, 0.29) is 11.3 Å². The number of Topliss-reactive ketones (excluding diaryl/α,β-unsaturated/α-hetero) is 1. The zero-order valence-corrected chi connectivity index (χ0v) is 28.8. The Morgan fingerprint density at radius 1 is 0.936 bits per heavy atom. The van der Waals surface area contributed by atoms with Gasteiger partial charge in [-0.15, -0.1) is 4.91 Å². The molecule has 2 aliphatic heterocycles. The topological polar surface area (TPSA) is 62.0 Å². The summed E-state index contributed by atoms with van der Waals surface area (Å²) in [6.45, 7) is 17.3. The lowest BCUT2D eigenvalue weighted by atomic mass is 9.76. The second kappa shape index (κ2) is 12.2. The van der Waals surface area contributed by atoms with Crippen molar-refractivity contribution in [3.63, 3.8) is 0 Å². The van der Waals surface area contributed by atoms with Gasteiger partial charge in [0, 0.05) is 47.5 Å². The van der Waals surface area contributed by atoms with Gasteiger partial charge in [-0.3, -0.25) is 4.79 Å². The number of ether oxygens (including phenoxy) is 1. The minimum Gasteiger partial charge on any atom is -0.495 e. The molecule has 0 unspecified atom stereocenters. The molecular weight excluding hydrogens is 603 g/mol. The number of hydrogen-bond acceptors (Lipinski definition) is 5. The molecule has 0 radical (unpaired) electrons. The van der Waals surface area contributed by atoms with Gasteiger partial charge >= 0.3 is 6.18 Å². The molecule has 5 rings (SSSR count). The van der Waals surface area contributed by atoms with E-state index < -0.39 is 22.6 Å². The number of ketones is 1. The van der Waals surface area contributed by atoms with Crippen molar-refractivity contribution >= 4 is 28.6 Å². The van der Waals surface area contributed by atoms with Crippen LogP contribution in [0.4, 0.5) is 30.2 Å². The van der Waals surface area contributed by atoms with E-state index >= 15 is 0 Å². The van der Waals surface area contributed by atoms with Crippen LogP contribution in [0.2, 0.25) is 0 Å². The Labute approximate surface area is 275 Å². The molecule has 250 valence electrons. The van der Waals surface area contributed by atoms with Gasteiger partial charge in [-0.05, 0) is 61.6 Å². The lowest BCUT2D eigenvalue weighted by Crippen LogP contribution is -2.33. The van der Waals surface area contributed by atoms with Gasteiger partial charge in [-0.2, -0.15) is 17.7 Å². The zero-order valence-electron chi connectivity index (χ0n) is 28.8. The normalized spacial score (nSPS) is 20.1. The van der Waals surface area contributed by atoms with Gasteiger partial charge < -0.3 is 9.64 Å². The van der Waals surface area contributed by atoms with Crippen molar-refractivity contribution in [2.45, 2.75) is 85.2 Å². The first-order chi connectivity index (χ1) is 22.0. The molecule has 0 aromatic heterocycles. The Morgan fingerprint density at radius 3 is 2.19 bits per heavy atom. The van der Waals surface area contributed by atoms with Crippen molar-refractivity contribution in [3.8, 4) is 0 Å². The van der Waals surface area contributed by atoms with Crippen LogP contribution in [0.15, 0.2) is 76.3 Å². The maximum Gasteiger partial charge on any atom is 0.416 e. The third-order valence-electron chi connectivity index (χ3n) is 9.77. The first-order valence-electron chi connectivity index (χ1n) is 16.3. The molecule has 3 aliphatic rings. The summed E-state index contributed by atoms with van der Waals surface area (Å²) < 4.78 is 50.7. The van der Waals surface area contributed by atoms with E-state index in [0.717, 1.165) is 35.9 Å². The van der Waals surface area contributed by atoms with Gasteiger partial charge in [0.1, 0.15) is 18.0 Å². The second-order valence-corrected chi connectivity index (χ2v) is 14.6. The first-order valence-corrected chi connectivity index (χ1v) is 16.3. The van der Waals surface area contributed by atoms with E-state index in [4.69, 9.17) is 4.74 Å². The van der Waals surface area contributed by atoms with Gasteiger partial charge in [0.25, 0.3) is 0 Å². The SMILES string of the molecule is COC1=C(C=C2N(CCC(C)C)c3cccc(N=O)c3C2(C)C)C(=O)C1=CC1=[N+](CCC(C)C)c2cccc(C(F)(F)F)c2C1(C)C. The fourth-order valence-electron chi connectivity index (χ4n) is 7.28. The van der Waals surface area contributed by atoms with Crippen LogP contribution in [-0.4, -0.2) is 36.3 Å². The molecule has 0 saturated carbocycles. The number of nitrogens with zero attached hydrogens (tertiary/aromatic N) is 3. The van der Waals surface area contributed by atoms with Crippen LogP contribution in [0.5, 0.6) is 0 Å². The van der Waals surface area contributed by atoms with Crippen LogP contribution >= 0.6 is 0 Å². The maximum absolute atomic E-state index is 14.3. The zero-order chi connectivity index (χ0) is 34.6. The molecule has 1 aliphatic carbocycles. The predicted octanol–water partition coefficient (Wildman–Crippen LogP) is 9.66. The number of hydrogen-bond donors (Lipinski definition) is 0. The van der Waals surface area contributed by atoms with Crippen molar-refractivity contribution in [3.05, 3.63) is 92.8 Å². The molecule has 0 atom stereocenters. The molecule has 47 heavy (non-hydrogen) atoms. The number of fused-ring (bicyclic) bond motifs is 2. The maximum atomic E-state index is 14.3. The monoisotopic (exact) mass is 648 g/mol. The lowest BCUT2D eigenvalue weighted by molar-refractivity contribution is -0.439. The number of alkyl halides is 3. The van der Waals surface area contributed by atoms with Gasteiger partial charge in [-0.25, -0.2) is 0 Å². The van der Waals surface area contributed by atoms with E-state index in [1.165, 1.54) is 13.2 Å². The van der Waals surface area contributed by atoms with E-state index in [1.807, 2.05) is 36.6 Å². The summed E-state index contributed by atoms with van der Waals surface area (Å²) in [5, 5.41) is 3.32. The molecule has 0 spiro atoms. The largest absolute Gasteiger partial charge is 0.495 e. The number of nitroso groups, excluding NO2 is 1. The third-order valence-corrected chi connectivity index (χ3v) is 9.77. The van der Waals surface area contributed by atoms with Crippen molar-refractivity contribution < 1.29 is 27.3 Å². The highest BCUT2D eigenvalue weighted by Crippen LogP contribution is 2.53. The Morgan fingerprint density at radius 2 is 1.60 bits per heavy atom. The average molecular weight is 649 g/mol. The summed E-state index contributed by atoms with van der Waals surface area (Å²) in [6, 6.07) is 9.82. The number of methoxy groups -OCH3 is 1. The summed E-state index contributed by atoms with van der Waals surface area (Å²) in [5.74, 6) is 0.910. The van der Waals surface area contributed by atoms with Crippen molar-refractivity contribution in [1.29, 1.82) is 0 Å². The number of allylic oxidation sites excluding steroid dienone is 5. The predicted molar refractivity (Wildman–Crippen MR) is 181 cm³/mol. The number of rotatable bonds is 10. The molecule has 9 heteroatoms. The van der Waals surface area contributed by atoms with Gasteiger partial charge in [0.2, 0.25) is 11.5 Å². The molecule has 0 saturated heterocycles. The highest BCUT2D eigenvalue weighted by Gasteiger charge is 2.52. The number of anilines is 1. The Hall–Kier alpha value is -4.01. The van der Waals surface area contributed by atoms with Crippen LogP contribution in [0.3, 0.4) is 0 Å². The quantitative estimate of drug-likeness (QED) is 0.146. The van der Waals surface area contributed by atoms with Crippen LogP contribution in [0, 0.1) is 16.7 Å². The highest BCUT2D eigenvalue weighted by atomic mass is 19.4. The van der Waals surface area contributed by atoms with E-state index in [2.05, 4.69) is 37.8 Å². The van der Waals surface area contributed by atoms with Gasteiger partial charge in [0.15, 0.2) is 5.71 Å². The third kappa shape index (κ3) is 5.76. The number of carbonyl (C=O) groups is 1. The molecule has 2 aromatic rings. The lowest BCUT2D eigenvalue weighted by Gasteiger charge is -2.30. The smallest absolute Gasteiger partial charge is 0.416 e. The van der Waals surface area contributed by atoms with Gasteiger partial charge in [-0.1, -0.05) is 53.7 Å². The van der Waals surface area contributed by atoms with Crippen LogP contribution < -0.4 is 4.90 Å². The molecule has 0 fully saturated rings. The molecule has 0 N–H and O–H groups in total. The second-order valence-electron chi connectivity index (χ2n) is 14.6. The Kier molecular flexibility index (Phi) is 8.92. The van der Waals surface area contributed by atoms with E-state index in [1.54, 1.807) is 32.1 Å². The minimum atomic E-state index is -4.52.